The second-order valence-corrected chi connectivity index (χ2v) is 8.79. The molecule has 1 fully saturated rings. The molecule has 164 valence electrons. The molecular formula is C24H26N6O2. The average molecular weight is 431 g/mol. The first-order chi connectivity index (χ1) is 15.4. The number of aromatic nitrogens is 4. The zero-order chi connectivity index (χ0) is 22.5. The normalized spacial score (nSPS) is 19.0. The Morgan fingerprint density at radius 3 is 2.81 bits per heavy atom. The summed E-state index contributed by atoms with van der Waals surface area (Å²) in [5.74, 6) is 1.26. The number of aryl methyl sites for hydroxylation is 3. The van der Waals surface area contributed by atoms with Crippen LogP contribution in [0.15, 0.2) is 24.4 Å². The van der Waals surface area contributed by atoms with Gasteiger partial charge in [-0.15, -0.1) is 0 Å². The number of hydrogen-bond donors (Lipinski definition) is 1. The number of rotatable bonds is 0. The Morgan fingerprint density at radius 1 is 1.28 bits per heavy atom. The molecule has 0 radical (unpaired) electrons. The first-order valence-electron chi connectivity index (χ1n) is 10.9. The second kappa shape index (κ2) is 7.52. The highest BCUT2D eigenvalue weighted by Gasteiger charge is 2.40. The molecule has 3 heterocycles. The van der Waals surface area contributed by atoms with Crippen molar-refractivity contribution in [3.8, 4) is 29.0 Å². The van der Waals surface area contributed by atoms with E-state index in [9.17, 15) is 5.26 Å². The third-order valence-corrected chi connectivity index (χ3v) is 6.55. The summed E-state index contributed by atoms with van der Waals surface area (Å²) in [5, 5.41) is 14.4. The highest BCUT2D eigenvalue weighted by Crippen LogP contribution is 2.44. The summed E-state index contributed by atoms with van der Waals surface area (Å²) in [7, 11) is 1.77. The van der Waals surface area contributed by atoms with Crippen LogP contribution in [0.1, 0.15) is 61.2 Å². The zero-order valence-electron chi connectivity index (χ0n) is 18.6. The largest absolute Gasteiger partial charge is 0.487 e. The molecule has 1 aliphatic carbocycles. The maximum absolute atomic E-state index is 9.79. The van der Waals surface area contributed by atoms with E-state index in [1.54, 1.807) is 17.9 Å². The van der Waals surface area contributed by atoms with Gasteiger partial charge in [-0.1, -0.05) is 11.6 Å². The SMILES string of the molecule is Cc1ccc2c(c1)[C@@H](C)Oc1nc(cnc1N)-c1c(nn(C)c1C#N)CCC1(CCC1)O2. The van der Waals surface area contributed by atoms with Gasteiger partial charge in [-0.05, 0) is 58.1 Å². The Bertz CT molecular complexity index is 1240. The fourth-order valence-corrected chi connectivity index (χ4v) is 4.60. The third kappa shape index (κ3) is 3.34. The van der Waals surface area contributed by atoms with Crippen molar-refractivity contribution in [3.05, 3.63) is 46.9 Å². The number of nitrogen functional groups attached to an aromatic ring is 1. The monoisotopic (exact) mass is 430 g/mol. The predicted octanol–water partition coefficient (Wildman–Crippen LogP) is 4.03. The molecule has 0 amide bonds. The molecule has 0 saturated heterocycles. The standard InChI is InChI=1S/C24H26N6O2/c1-14-5-6-20-16(11-14)15(2)31-23-22(26)27-13-18(28-23)21-17(29-30(3)19(21)12-25)7-10-24(32-20)8-4-9-24/h5-6,11,13,15H,4,7-10H2,1-3H3,(H2,26,27)/t15-/m1/s1. The van der Waals surface area contributed by atoms with Crippen molar-refractivity contribution < 1.29 is 9.47 Å². The molecular weight excluding hydrogens is 404 g/mol. The lowest BCUT2D eigenvalue weighted by atomic mass is 9.76. The Balaban J connectivity index is 1.69. The summed E-state index contributed by atoms with van der Waals surface area (Å²) >= 11 is 0. The van der Waals surface area contributed by atoms with E-state index in [4.69, 9.17) is 15.2 Å². The van der Waals surface area contributed by atoms with Gasteiger partial charge in [0.2, 0.25) is 0 Å². The summed E-state index contributed by atoms with van der Waals surface area (Å²) in [4.78, 5) is 8.97. The van der Waals surface area contributed by atoms with Crippen LogP contribution in [0.5, 0.6) is 11.6 Å². The van der Waals surface area contributed by atoms with E-state index in [0.717, 1.165) is 48.3 Å². The summed E-state index contributed by atoms with van der Waals surface area (Å²) in [6.07, 6.45) is 5.82. The van der Waals surface area contributed by atoms with Crippen molar-refractivity contribution in [2.24, 2.45) is 7.05 Å². The minimum Gasteiger partial charge on any atom is -0.487 e. The quantitative estimate of drug-likeness (QED) is 0.573. The van der Waals surface area contributed by atoms with Crippen LogP contribution < -0.4 is 15.2 Å². The van der Waals surface area contributed by atoms with Crippen LogP contribution >= 0.6 is 0 Å². The van der Waals surface area contributed by atoms with Crippen molar-refractivity contribution in [3.63, 3.8) is 0 Å². The molecule has 1 spiro atoms. The molecule has 1 aliphatic heterocycles. The Morgan fingerprint density at radius 2 is 2.09 bits per heavy atom. The molecule has 8 heteroatoms. The lowest BCUT2D eigenvalue weighted by molar-refractivity contribution is -0.0166. The lowest BCUT2D eigenvalue weighted by Crippen LogP contribution is -2.44. The van der Waals surface area contributed by atoms with Gasteiger partial charge in [0.1, 0.15) is 29.2 Å². The van der Waals surface area contributed by atoms with Gasteiger partial charge in [0, 0.05) is 12.6 Å². The summed E-state index contributed by atoms with van der Waals surface area (Å²) < 4.78 is 14.5. The van der Waals surface area contributed by atoms with Crippen molar-refractivity contribution in [1.82, 2.24) is 19.7 Å². The molecule has 1 saturated carbocycles. The molecule has 0 unspecified atom stereocenters. The van der Waals surface area contributed by atoms with Gasteiger partial charge in [-0.3, -0.25) is 4.68 Å². The topological polar surface area (TPSA) is 112 Å². The van der Waals surface area contributed by atoms with Gasteiger partial charge in [-0.2, -0.15) is 10.4 Å². The highest BCUT2D eigenvalue weighted by atomic mass is 16.5. The third-order valence-electron chi connectivity index (χ3n) is 6.55. The molecule has 8 nitrogen and oxygen atoms in total. The number of nitrogens with zero attached hydrogens (tertiary/aromatic N) is 5. The van der Waals surface area contributed by atoms with Gasteiger partial charge in [-0.25, -0.2) is 9.97 Å². The van der Waals surface area contributed by atoms with Crippen molar-refractivity contribution in [2.75, 3.05) is 5.73 Å². The molecule has 2 N–H and O–H groups in total. The molecule has 5 rings (SSSR count). The van der Waals surface area contributed by atoms with Gasteiger partial charge < -0.3 is 15.2 Å². The molecule has 2 aliphatic rings. The second-order valence-electron chi connectivity index (χ2n) is 8.79. The highest BCUT2D eigenvalue weighted by molar-refractivity contribution is 5.69. The molecule has 3 aromatic rings. The maximum atomic E-state index is 9.79. The van der Waals surface area contributed by atoms with Crippen LogP contribution in [-0.4, -0.2) is 25.3 Å². The number of benzene rings is 1. The first kappa shape index (κ1) is 20.3. The number of nitriles is 1. The van der Waals surface area contributed by atoms with E-state index in [1.165, 1.54) is 0 Å². The number of ether oxygens (including phenoxy) is 2. The Labute approximate surface area is 187 Å². The number of hydrogen-bond acceptors (Lipinski definition) is 7. The van der Waals surface area contributed by atoms with Gasteiger partial charge in [0.25, 0.3) is 5.88 Å². The smallest absolute Gasteiger partial charge is 0.258 e. The fourth-order valence-electron chi connectivity index (χ4n) is 4.60. The van der Waals surface area contributed by atoms with Gasteiger partial charge in [0.05, 0.1) is 23.1 Å². The minimum atomic E-state index is -0.349. The Kier molecular flexibility index (Phi) is 4.77. The van der Waals surface area contributed by atoms with Crippen LogP contribution in [-0.2, 0) is 13.5 Å². The van der Waals surface area contributed by atoms with Gasteiger partial charge in [0.15, 0.2) is 5.82 Å². The van der Waals surface area contributed by atoms with E-state index < -0.39 is 0 Å². The molecule has 2 aromatic heterocycles. The Hall–Kier alpha value is -3.60. The lowest BCUT2D eigenvalue weighted by Gasteiger charge is -2.42. The average Bonchev–Trinajstić information content (AvgIpc) is 3.07. The minimum absolute atomic E-state index is 0.199. The van der Waals surface area contributed by atoms with Crippen molar-refractivity contribution >= 4 is 5.82 Å². The van der Waals surface area contributed by atoms with E-state index in [1.807, 2.05) is 19.9 Å². The molecule has 1 aromatic carbocycles. The number of anilines is 1. The molecule has 2 bridgehead atoms. The fraction of sp³-hybridized carbons (Fsp3) is 0.417. The molecule has 32 heavy (non-hydrogen) atoms. The summed E-state index contributed by atoms with van der Waals surface area (Å²) in [6.45, 7) is 4.01. The first-order valence-corrected chi connectivity index (χ1v) is 10.9. The van der Waals surface area contributed by atoms with E-state index in [0.29, 0.717) is 23.4 Å². The zero-order valence-corrected chi connectivity index (χ0v) is 18.6. The van der Waals surface area contributed by atoms with Gasteiger partial charge >= 0.3 is 0 Å². The summed E-state index contributed by atoms with van der Waals surface area (Å²) in [5.41, 5.74) is 10.4. The predicted molar refractivity (Wildman–Crippen MR) is 119 cm³/mol. The van der Waals surface area contributed by atoms with Crippen LogP contribution in [0.3, 0.4) is 0 Å². The molecule has 1 atom stereocenters. The van der Waals surface area contributed by atoms with Crippen molar-refractivity contribution in [2.45, 2.75) is 57.7 Å². The number of nitrogens with two attached hydrogens (primary N) is 1. The van der Waals surface area contributed by atoms with E-state index >= 15 is 0 Å². The summed E-state index contributed by atoms with van der Waals surface area (Å²) in [6, 6.07) is 8.43. The van der Waals surface area contributed by atoms with E-state index in [2.05, 4.69) is 33.3 Å². The van der Waals surface area contributed by atoms with Crippen LogP contribution in [0.4, 0.5) is 5.82 Å². The van der Waals surface area contributed by atoms with E-state index in [-0.39, 0.29) is 23.4 Å². The van der Waals surface area contributed by atoms with Crippen LogP contribution in [0.25, 0.3) is 11.3 Å². The van der Waals surface area contributed by atoms with Crippen LogP contribution in [0.2, 0.25) is 0 Å². The number of fused-ring (bicyclic) bond motifs is 5. The van der Waals surface area contributed by atoms with Crippen LogP contribution in [0, 0.1) is 18.3 Å². The van der Waals surface area contributed by atoms with Crippen molar-refractivity contribution in [1.29, 1.82) is 5.26 Å². The maximum Gasteiger partial charge on any atom is 0.258 e.